The van der Waals surface area contributed by atoms with Crippen molar-refractivity contribution in [3.8, 4) is 11.1 Å². The molecule has 0 spiro atoms. The van der Waals surface area contributed by atoms with Gasteiger partial charge in [0.1, 0.15) is 23.3 Å². The highest BCUT2D eigenvalue weighted by molar-refractivity contribution is 9.10. The third-order valence-corrected chi connectivity index (χ3v) is 8.22. The van der Waals surface area contributed by atoms with Crippen LogP contribution in [-0.4, -0.2) is 49.2 Å². The summed E-state index contributed by atoms with van der Waals surface area (Å²) in [6.45, 7) is 3.72. The van der Waals surface area contributed by atoms with Crippen LogP contribution in [-0.2, 0) is 0 Å². The summed E-state index contributed by atoms with van der Waals surface area (Å²) >= 11 is 3.45. The maximum atomic E-state index is 13.4. The third kappa shape index (κ3) is 10.2. The Balaban J connectivity index is 0.000000167. The molecule has 0 unspecified atom stereocenters. The van der Waals surface area contributed by atoms with Crippen molar-refractivity contribution in [1.29, 1.82) is 0 Å². The van der Waals surface area contributed by atoms with Crippen LogP contribution in [0, 0.1) is 37.1 Å². The average molecular weight is 703 g/mol. The largest absolute Gasteiger partial charge is 0.488 e. The van der Waals surface area contributed by atoms with Crippen molar-refractivity contribution < 1.29 is 27.6 Å². The van der Waals surface area contributed by atoms with Gasteiger partial charge in [-0.3, -0.25) is 0 Å². The molecule has 14 heteroatoms. The van der Waals surface area contributed by atoms with Crippen LogP contribution < -0.4 is 16.1 Å². The standard InChI is InChI=1S/C16H17F2N3.C10H14BrN3.C6H5BF2O2/c1-10-19-9-13(11-6-7-14(17)15(18)8-11)16(20-10)21-12-4-2-3-5-12;1-7-12-6-9(11)10(13-7)14-8-4-2-3-5-8;8-5-2-1-4(7(10)11)3-6(5)9/h6-9,12H,2-5H2,1H3,(H,19,20,21);6,8H,2-5H2,1H3,(H,12,13,14);1-3,10-11H. The fraction of sp³-hybridized carbons (Fsp3) is 0.375. The maximum Gasteiger partial charge on any atom is 0.488 e. The van der Waals surface area contributed by atoms with Crippen molar-refractivity contribution in [3.63, 3.8) is 0 Å². The summed E-state index contributed by atoms with van der Waals surface area (Å²) < 4.78 is 52.0. The SMILES string of the molecule is Cc1ncc(-c2ccc(F)c(F)c2)c(NC2CCCC2)n1.Cc1ncc(Br)c(NC2CCCC2)n1.OB(O)c1ccc(F)c(F)c1. The van der Waals surface area contributed by atoms with Crippen molar-refractivity contribution in [2.24, 2.45) is 0 Å². The second kappa shape index (κ2) is 16.8. The van der Waals surface area contributed by atoms with Gasteiger partial charge in [0.25, 0.3) is 0 Å². The first kappa shape index (κ1) is 35.2. The fourth-order valence-electron chi connectivity index (χ4n) is 5.21. The van der Waals surface area contributed by atoms with E-state index in [0.29, 0.717) is 34.9 Å². The minimum Gasteiger partial charge on any atom is -0.423 e. The molecule has 2 heterocycles. The lowest BCUT2D eigenvalue weighted by Crippen LogP contribution is -2.30. The highest BCUT2D eigenvalue weighted by atomic mass is 79.9. The molecular weight excluding hydrogens is 667 g/mol. The van der Waals surface area contributed by atoms with E-state index in [9.17, 15) is 17.6 Å². The Hall–Kier alpha value is -3.62. The smallest absolute Gasteiger partial charge is 0.423 e. The summed E-state index contributed by atoms with van der Waals surface area (Å²) in [5.41, 5.74) is 1.21. The molecule has 2 aliphatic carbocycles. The van der Waals surface area contributed by atoms with Gasteiger partial charge in [-0.25, -0.2) is 37.5 Å². The molecule has 6 rings (SSSR count). The number of benzene rings is 2. The minimum atomic E-state index is -1.76. The van der Waals surface area contributed by atoms with E-state index in [4.69, 9.17) is 10.0 Å². The zero-order valence-corrected chi connectivity index (χ0v) is 27.2. The third-order valence-electron chi connectivity index (χ3n) is 7.64. The van der Waals surface area contributed by atoms with Crippen LogP contribution >= 0.6 is 15.9 Å². The van der Waals surface area contributed by atoms with Gasteiger partial charge in [-0.05, 0) is 90.8 Å². The van der Waals surface area contributed by atoms with Crippen molar-refractivity contribution in [2.45, 2.75) is 77.3 Å². The van der Waals surface area contributed by atoms with E-state index in [0.717, 1.165) is 53.2 Å². The predicted octanol–water partition coefficient (Wildman–Crippen LogP) is 6.63. The maximum absolute atomic E-state index is 13.4. The number of halogens is 5. The van der Waals surface area contributed by atoms with E-state index in [1.807, 2.05) is 13.8 Å². The van der Waals surface area contributed by atoms with Crippen LogP contribution in [0.25, 0.3) is 11.1 Å². The molecule has 0 aliphatic heterocycles. The monoisotopic (exact) mass is 702 g/mol. The highest BCUT2D eigenvalue weighted by Crippen LogP contribution is 2.30. The van der Waals surface area contributed by atoms with Crippen LogP contribution in [0.3, 0.4) is 0 Å². The molecular formula is C32H36BBrF4N6O2. The van der Waals surface area contributed by atoms with Gasteiger partial charge in [0.2, 0.25) is 0 Å². The summed E-state index contributed by atoms with van der Waals surface area (Å²) in [4.78, 5) is 17.1. The first-order valence-corrected chi connectivity index (χ1v) is 15.9. The zero-order chi connectivity index (χ0) is 33.2. The molecule has 0 saturated heterocycles. The first-order chi connectivity index (χ1) is 22.0. The van der Waals surface area contributed by atoms with E-state index in [1.165, 1.54) is 44.6 Å². The summed E-state index contributed by atoms with van der Waals surface area (Å²) in [6.07, 6.45) is 13.3. The lowest BCUT2D eigenvalue weighted by atomic mass is 9.80. The molecule has 0 amide bonds. The molecule has 4 aromatic rings. The fourth-order valence-corrected chi connectivity index (χ4v) is 5.52. The highest BCUT2D eigenvalue weighted by Gasteiger charge is 2.19. The van der Waals surface area contributed by atoms with Crippen molar-refractivity contribution in [2.75, 3.05) is 10.6 Å². The molecule has 8 nitrogen and oxygen atoms in total. The topological polar surface area (TPSA) is 116 Å². The Morgan fingerprint density at radius 2 is 1.20 bits per heavy atom. The molecule has 2 aromatic carbocycles. The summed E-state index contributed by atoms with van der Waals surface area (Å²) in [6, 6.07) is 7.52. The number of aryl methyl sites for hydroxylation is 2. The van der Waals surface area contributed by atoms with Crippen LogP contribution in [0.5, 0.6) is 0 Å². The number of aromatic nitrogens is 4. The predicted molar refractivity (Wildman–Crippen MR) is 175 cm³/mol. The summed E-state index contributed by atoms with van der Waals surface area (Å²) in [5.74, 6) is -0.706. The lowest BCUT2D eigenvalue weighted by Gasteiger charge is -2.16. The molecule has 244 valence electrons. The van der Waals surface area contributed by atoms with Gasteiger partial charge < -0.3 is 20.7 Å². The van der Waals surface area contributed by atoms with E-state index < -0.39 is 30.4 Å². The Morgan fingerprint density at radius 3 is 1.74 bits per heavy atom. The van der Waals surface area contributed by atoms with Gasteiger partial charge >= 0.3 is 7.12 Å². The molecule has 2 fully saturated rings. The molecule has 0 radical (unpaired) electrons. The minimum absolute atomic E-state index is 0.0658. The van der Waals surface area contributed by atoms with E-state index in [2.05, 4.69) is 46.5 Å². The van der Waals surface area contributed by atoms with E-state index in [1.54, 1.807) is 18.5 Å². The molecule has 2 aliphatic rings. The van der Waals surface area contributed by atoms with Gasteiger partial charge in [-0.1, -0.05) is 37.8 Å². The van der Waals surface area contributed by atoms with Crippen LogP contribution in [0.15, 0.2) is 53.3 Å². The van der Waals surface area contributed by atoms with Crippen molar-refractivity contribution in [1.82, 2.24) is 19.9 Å². The van der Waals surface area contributed by atoms with E-state index >= 15 is 0 Å². The van der Waals surface area contributed by atoms with E-state index in [-0.39, 0.29) is 5.46 Å². The van der Waals surface area contributed by atoms with Crippen molar-refractivity contribution >= 4 is 40.1 Å². The van der Waals surface area contributed by atoms with Crippen molar-refractivity contribution in [3.05, 3.63) is 88.2 Å². The Labute approximate surface area is 274 Å². The number of nitrogens with zero attached hydrogens (tertiary/aromatic N) is 4. The lowest BCUT2D eigenvalue weighted by molar-refractivity contribution is 0.425. The zero-order valence-electron chi connectivity index (χ0n) is 25.6. The van der Waals surface area contributed by atoms with Crippen LogP contribution in [0.4, 0.5) is 29.2 Å². The second-order valence-electron chi connectivity index (χ2n) is 11.2. The summed E-state index contributed by atoms with van der Waals surface area (Å²) in [7, 11) is -1.76. The average Bonchev–Trinajstić information content (AvgIpc) is 3.74. The number of hydrogen-bond donors (Lipinski definition) is 4. The molecule has 46 heavy (non-hydrogen) atoms. The van der Waals surface area contributed by atoms with Gasteiger partial charge in [0, 0.05) is 30.0 Å². The second-order valence-corrected chi connectivity index (χ2v) is 12.1. The normalized spacial score (nSPS) is 14.6. The number of hydrogen-bond acceptors (Lipinski definition) is 8. The van der Waals surface area contributed by atoms with Gasteiger partial charge in [-0.2, -0.15) is 0 Å². The summed E-state index contributed by atoms with van der Waals surface area (Å²) in [5, 5.41) is 23.9. The van der Waals surface area contributed by atoms with Gasteiger partial charge in [0.15, 0.2) is 23.3 Å². The Bertz CT molecular complexity index is 1610. The van der Waals surface area contributed by atoms with Crippen LogP contribution in [0.2, 0.25) is 0 Å². The molecule has 2 aromatic heterocycles. The number of anilines is 2. The van der Waals surface area contributed by atoms with Gasteiger partial charge in [-0.15, -0.1) is 0 Å². The first-order valence-electron chi connectivity index (χ1n) is 15.1. The molecule has 0 bridgehead atoms. The molecule has 4 N–H and O–H groups in total. The number of rotatable bonds is 6. The Kier molecular flexibility index (Phi) is 12.9. The van der Waals surface area contributed by atoms with Gasteiger partial charge in [0.05, 0.1) is 4.47 Å². The number of nitrogens with one attached hydrogen (secondary N) is 2. The Morgan fingerprint density at radius 1 is 0.696 bits per heavy atom. The molecule has 2 saturated carbocycles. The quantitative estimate of drug-likeness (QED) is 0.131. The van der Waals surface area contributed by atoms with Crippen LogP contribution in [0.1, 0.15) is 63.0 Å². The molecule has 0 atom stereocenters.